The molecule has 1 N–H and O–H groups in total. The molecule has 0 unspecified atom stereocenters. The van der Waals surface area contributed by atoms with Gasteiger partial charge in [-0.25, -0.2) is 8.42 Å². The number of anilines is 1. The van der Waals surface area contributed by atoms with Gasteiger partial charge in [-0.15, -0.1) is 0 Å². The van der Waals surface area contributed by atoms with Gasteiger partial charge in [-0.05, 0) is 52.7 Å². The second-order valence-electron chi connectivity index (χ2n) is 4.60. The van der Waals surface area contributed by atoms with Crippen molar-refractivity contribution in [3.63, 3.8) is 0 Å². The molecular weight excluding hydrogens is 354 g/mol. The Bertz CT molecular complexity index is 758. The average molecular weight is 368 g/mol. The van der Waals surface area contributed by atoms with Crippen LogP contribution in [-0.2, 0) is 14.6 Å². The number of carbonyl (C=O) groups excluding carboxylic acids is 1. The molecule has 2 rings (SSSR count). The van der Waals surface area contributed by atoms with E-state index in [1.165, 1.54) is 12.1 Å². The molecule has 2 aromatic rings. The fourth-order valence-corrected chi connectivity index (χ4v) is 3.54. The van der Waals surface area contributed by atoms with Crippen molar-refractivity contribution in [3.8, 4) is 0 Å². The highest BCUT2D eigenvalue weighted by molar-refractivity contribution is 9.10. The number of sulfone groups is 1. The standard InChI is InChI=1S/C15H14BrNO3S/c1-11-7-8-14(13(16)9-11)17-15(18)10-21(19,20)12-5-3-2-4-6-12/h2-9H,10H2,1H3,(H,17,18). The van der Waals surface area contributed by atoms with E-state index >= 15 is 0 Å². The van der Waals surface area contributed by atoms with Crippen LogP contribution in [0.25, 0.3) is 0 Å². The number of hydrogen-bond acceptors (Lipinski definition) is 3. The van der Waals surface area contributed by atoms with Crippen LogP contribution in [0.3, 0.4) is 0 Å². The van der Waals surface area contributed by atoms with Gasteiger partial charge in [0.2, 0.25) is 5.91 Å². The zero-order chi connectivity index (χ0) is 15.5. The van der Waals surface area contributed by atoms with E-state index < -0.39 is 21.5 Å². The van der Waals surface area contributed by atoms with E-state index in [0.29, 0.717) is 10.2 Å². The highest BCUT2D eigenvalue weighted by Crippen LogP contribution is 2.23. The van der Waals surface area contributed by atoms with Crippen LogP contribution < -0.4 is 5.32 Å². The fraction of sp³-hybridized carbons (Fsp3) is 0.133. The predicted molar refractivity (Wildman–Crippen MR) is 86.0 cm³/mol. The molecule has 0 aliphatic heterocycles. The summed E-state index contributed by atoms with van der Waals surface area (Å²) in [4.78, 5) is 12.1. The summed E-state index contributed by atoms with van der Waals surface area (Å²) in [5.41, 5.74) is 1.59. The second-order valence-corrected chi connectivity index (χ2v) is 7.45. The number of benzene rings is 2. The molecule has 0 saturated carbocycles. The number of amides is 1. The Labute approximate surface area is 132 Å². The number of halogens is 1. The Hall–Kier alpha value is -1.66. The minimum atomic E-state index is -3.63. The largest absolute Gasteiger partial charge is 0.324 e. The van der Waals surface area contributed by atoms with Gasteiger partial charge >= 0.3 is 0 Å². The number of rotatable bonds is 4. The van der Waals surface area contributed by atoms with Crippen molar-refractivity contribution in [2.45, 2.75) is 11.8 Å². The Balaban J connectivity index is 2.12. The lowest BCUT2D eigenvalue weighted by molar-refractivity contribution is -0.113. The minimum absolute atomic E-state index is 0.142. The van der Waals surface area contributed by atoms with Gasteiger partial charge in [0.25, 0.3) is 0 Å². The quantitative estimate of drug-likeness (QED) is 0.902. The molecule has 0 aromatic heterocycles. The van der Waals surface area contributed by atoms with Gasteiger partial charge in [0.1, 0.15) is 5.75 Å². The molecule has 110 valence electrons. The van der Waals surface area contributed by atoms with Crippen molar-refractivity contribution in [2.75, 3.05) is 11.1 Å². The summed E-state index contributed by atoms with van der Waals surface area (Å²) in [6, 6.07) is 13.3. The molecule has 0 heterocycles. The lowest BCUT2D eigenvalue weighted by Gasteiger charge is -2.08. The van der Waals surface area contributed by atoms with Gasteiger partial charge in [0, 0.05) is 4.47 Å². The monoisotopic (exact) mass is 367 g/mol. The topological polar surface area (TPSA) is 63.2 Å². The fourth-order valence-electron chi connectivity index (χ4n) is 1.79. The highest BCUT2D eigenvalue weighted by atomic mass is 79.9. The molecule has 0 saturated heterocycles. The smallest absolute Gasteiger partial charge is 0.239 e. The van der Waals surface area contributed by atoms with Crippen LogP contribution in [0.1, 0.15) is 5.56 Å². The Kier molecular flexibility index (Phi) is 4.80. The first-order valence-electron chi connectivity index (χ1n) is 6.22. The summed E-state index contributed by atoms with van der Waals surface area (Å²) in [6.07, 6.45) is 0. The van der Waals surface area contributed by atoms with E-state index in [-0.39, 0.29) is 4.90 Å². The maximum atomic E-state index is 12.1. The van der Waals surface area contributed by atoms with Crippen LogP contribution in [0.2, 0.25) is 0 Å². The van der Waals surface area contributed by atoms with Crippen LogP contribution in [-0.4, -0.2) is 20.1 Å². The number of nitrogens with one attached hydrogen (secondary N) is 1. The molecule has 21 heavy (non-hydrogen) atoms. The Morgan fingerprint density at radius 2 is 1.81 bits per heavy atom. The SMILES string of the molecule is Cc1ccc(NC(=O)CS(=O)(=O)c2ccccc2)c(Br)c1. The van der Waals surface area contributed by atoms with Gasteiger partial charge in [-0.2, -0.15) is 0 Å². The first-order valence-corrected chi connectivity index (χ1v) is 8.67. The van der Waals surface area contributed by atoms with Crippen molar-refractivity contribution in [1.29, 1.82) is 0 Å². The molecule has 0 aliphatic carbocycles. The van der Waals surface area contributed by atoms with Gasteiger partial charge in [-0.1, -0.05) is 24.3 Å². The summed E-state index contributed by atoms with van der Waals surface area (Å²) in [7, 11) is -3.63. The Morgan fingerprint density at radius 1 is 1.14 bits per heavy atom. The summed E-state index contributed by atoms with van der Waals surface area (Å²) in [5, 5.41) is 2.60. The normalized spacial score (nSPS) is 11.1. The lowest BCUT2D eigenvalue weighted by Crippen LogP contribution is -2.23. The molecular formula is C15H14BrNO3S. The maximum Gasteiger partial charge on any atom is 0.239 e. The third-order valence-corrected chi connectivity index (χ3v) is 5.11. The van der Waals surface area contributed by atoms with Crippen molar-refractivity contribution in [2.24, 2.45) is 0 Å². The van der Waals surface area contributed by atoms with Gasteiger partial charge < -0.3 is 5.32 Å². The molecule has 0 fully saturated rings. The average Bonchev–Trinajstić information content (AvgIpc) is 2.42. The van der Waals surface area contributed by atoms with E-state index in [1.54, 1.807) is 24.3 Å². The van der Waals surface area contributed by atoms with Crippen LogP contribution >= 0.6 is 15.9 Å². The van der Waals surface area contributed by atoms with Crippen molar-refractivity contribution >= 4 is 37.4 Å². The number of aryl methyl sites for hydroxylation is 1. The molecule has 6 heteroatoms. The maximum absolute atomic E-state index is 12.1. The summed E-state index contributed by atoms with van der Waals surface area (Å²) >= 11 is 3.34. The van der Waals surface area contributed by atoms with Crippen LogP contribution in [0.5, 0.6) is 0 Å². The second kappa shape index (κ2) is 6.41. The molecule has 2 aromatic carbocycles. The van der Waals surface area contributed by atoms with E-state index in [2.05, 4.69) is 21.2 Å². The first-order chi connectivity index (χ1) is 9.88. The van der Waals surface area contributed by atoms with E-state index in [4.69, 9.17) is 0 Å². The first kappa shape index (κ1) is 15.7. The third-order valence-electron chi connectivity index (χ3n) is 2.82. The molecule has 0 aliphatic rings. The van der Waals surface area contributed by atoms with Crippen molar-refractivity contribution < 1.29 is 13.2 Å². The predicted octanol–water partition coefficient (Wildman–Crippen LogP) is 3.17. The van der Waals surface area contributed by atoms with Crippen molar-refractivity contribution in [1.82, 2.24) is 0 Å². The van der Waals surface area contributed by atoms with Crippen LogP contribution in [0.4, 0.5) is 5.69 Å². The zero-order valence-corrected chi connectivity index (χ0v) is 13.7. The molecule has 0 radical (unpaired) electrons. The van der Waals surface area contributed by atoms with Crippen LogP contribution in [0, 0.1) is 6.92 Å². The zero-order valence-electron chi connectivity index (χ0n) is 11.3. The van der Waals surface area contributed by atoms with E-state index in [9.17, 15) is 13.2 Å². The lowest BCUT2D eigenvalue weighted by atomic mass is 10.2. The van der Waals surface area contributed by atoms with Gasteiger partial charge in [0.05, 0.1) is 10.6 Å². The molecule has 1 amide bonds. The number of carbonyl (C=O) groups is 1. The Morgan fingerprint density at radius 3 is 2.43 bits per heavy atom. The summed E-state index contributed by atoms with van der Waals surface area (Å²) in [5.74, 6) is -1.15. The van der Waals surface area contributed by atoms with Gasteiger partial charge in [0.15, 0.2) is 9.84 Å². The van der Waals surface area contributed by atoms with E-state index in [0.717, 1.165) is 5.56 Å². The van der Waals surface area contributed by atoms with Crippen molar-refractivity contribution in [3.05, 3.63) is 58.6 Å². The van der Waals surface area contributed by atoms with E-state index in [1.807, 2.05) is 19.1 Å². The molecule has 0 spiro atoms. The molecule has 4 nitrogen and oxygen atoms in total. The molecule has 0 atom stereocenters. The van der Waals surface area contributed by atoms with Crippen LogP contribution in [0.15, 0.2) is 57.9 Å². The number of hydrogen-bond donors (Lipinski definition) is 1. The third kappa shape index (κ3) is 4.15. The van der Waals surface area contributed by atoms with Gasteiger partial charge in [-0.3, -0.25) is 4.79 Å². The minimum Gasteiger partial charge on any atom is -0.324 e. The summed E-state index contributed by atoms with van der Waals surface area (Å²) < 4.78 is 24.9. The highest BCUT2D eigenvalue weighted by Gasteiger charge is 2.19. The summed E-state index contributed by atoms with van der Waals surface area (Å²) in [6.45, 7) is 1.93. The molecule has 0 bridgehead atoms.